The molecule has 1 aliphatic carbocycles. The number of nitrogens with one attached hydrogen (secondary N) is 1. The lowest BCUT2D eigenvalue weighted by Gasteiger charge is -2.30. The number of hydrogen-bond donors (Lipinski definition) is 1. The Morgan fingerprint density at radius 1 is 1.12 bits per heavy atom. The molecule has 1 amide bonds. The predicted molar refractivity (Wildman–Crippen MR) is 121 cm³/mol. The molecule has 3 atom stereocenters. The van der Waals surface area contributed by atoms with Gasteiger partial charge in [0.2, 0.25) is 0 Å². The van der Waals surface area contributed by atoms with Gasteiger partial charge in [-0.25, -0.2) is 9.48 Å². The SMILES string of the molecule is C[C@H](OC(=O)c1cc(-c2cccnc2)n(-c2ccccc2)n1)C(=O)N[C@H]1CCCC[C@@H]1C. The van der Waals surface area contributed by atoms with Crippen molar-refractivity contribution in [2.24, 2.45) is 5.92 Å². The van der Waals surface area contributed by atoms with Crippen molar-refractivity contribution in [2.45, 2.75) is 51.7 Å². The number of benzene rings is 1. The van der Waals surface area contributed by atoms with Crippen molar-refractivity contribution in [1.82, 2.24) is 20.1 Å². The predicted octanol–water partition coefficient (Wildman–Crippen LogP) is 4.17. The molecule has 3 aromatic rings. The number of aromatic nitrogens is 3. The van der Waals surface area contributed by atoms with E-state index in [9.17, 15) is 9.59 Å². The van der Waals surface area contributed by atoms with Crippen LogP contribution in [-0.4, -0.2) is 38.8 Å². The minimum Gasteiger partial charge on any atom is -0.448 e. The van der Waals surface area contributed by atoms with Crippen LogP contribution in [-0.2, 0) is 9.53 Å². The Kier molecular flexibility index (Phi) is 6.63. The highest BCUT2D eigenvalue weighted by Gasteiger charge is 2.27. The van der Waals surface area contributed by atoms with Crippen LogP contribution in [0.5, 0.6) is 0 Å². The van der Waals surface area contributed by atoms with E-state index in [2.05, 4.69) is 22.3 Å². The lowest BCUT2D eigenvalue weighted by molar-refractivity contribution is -0.130. The molecule has 32 heavy (non-hydrogen) atoms. The van der Waals surface area contributed by atoms with E-state index in [4.69, 9.17) is 4.74 Å². The molecule has 7 nitrogen and oxygen atoms in total. The molecule has 4 rings (SSSR count). The molecule has 166 valence electrons. The normalized spacial score (nSPS) is 19.2. The Balaban J connectivity index is 1.52. The van der Waals surface area contributed by atoms with Gasteiger partial charge in [-0.2, -0.15) is 5.10 Å². The number of pyridine rings is 1. The fraction of sp³-hybridized carbons (Fsp3) is 0.360. The van der Waals surface area contributed by atoms with E-state index in [1.165, 1.54) is 6.42 Å². The number of carbonyl (C=O) groups is 2. The Morgan fingerprint density at radius 2 is 1.91 bits per heavy atom. The summed E-state index contributed by atoms with van der Waals surface area (Å²) in [6.45, 7) is 3.74. The minimum atomic E-state index is -0.902. The van der Waals surface area contributed by atoms with E-state index < -0.39 is 12.1 Å². The van der Waals surface area contributed by atoms with Crippen molar-refractivity contribution in [1.29, 1.82) is 0 Å². The highest BCUT2D eigenvalue weighted by molar-refractivity contribution is 5.92. The second-order valence-electron chi connectivity index (χ2n) is 8.33. The third kappa shape index (κ3) is 4.88. The first kappa shape index (κ1) is 21.7. The maximum Gasteiger partial charge on any atom is 0.359 e. The third-order valence-corrected chi connectivity index (χ3v) is 5.97. The van der Waals surface area contributed by atoms with Gasteiger partial charge in [0.15, 0.2) is 11.8 Å². The number of ether oxygens (including phenoxy) is 1. The molecule has 0 unspecified atom stereocenters. The van der Waals surface area contributed by atoms with E-state index in [1.807, 2.05) is 42.5 Å². The third-order valence-electron chi connectivity index (χ3n) is 5.97. The van der Waals surface area contributed by atoms with Crippen LogP contribution in [0.25, 0.3) is 16.9 Å². The summed E-state index contributed by atoms with van der Waals surface area (Å²) < 4.78 is 7.16. The number of para-hydroxylation sites is 1. The summed E-state index contributed by atoms with van der Waals surface area (Å²) in [5.74, 6) is -0.476. The van der Waals surface area contributed by atoms with Crippen LogP contribution in [0.2, 0.25) is 0 Å². The van der Waals surface area contributed by atoms with Crippen LogP contribution in [0.1, 0.15) is 50.0 Å². The average Bonchev–Trinajstić information content (AvgIpc) is 3.27. The van der Waals surface area contributed by atoms with Gasteiger partial charge < -0.3 is 10.1 Å². The Hall–Kier alpha value is -3.48. The number of nitrogens with zero attached hydrogens (tertiary/aromatic N) is 3. The lowest BCUT2D eigenvalue weighted by Crippen LogP contribution is -2.46. The number of amides is 1. The molecule has 1 aromatic carbocycles. The molecule has 0 aliphatic heterocycles. The van der Waals surface area contributed by atoms with Gasteiger partial charge in [0.1, 0.15) is 0 Å². The first-order valence-corrected chi connectivity index (χ1v) is 11.1. The number of hydrogen-bond acceptors (Lipinski definition) is 5. The first-order chi connectivity index (χ1) is 15.5. The van der Waals surface area contributed by atoms with E-state index in [0.29, 0.717) is 11.6 Å². The molecule has 7 heteroatoms. The Bertz CT molecular complexity index is 1010. The number of rotatable bonds is 6. The van der Waals surface area contributed by atoms with Crippen LogP contribution in [0.4, 0.5) is 0 Å². The van der Waals surface area contributed by atoms with Crippen LogP contribution >= 0.6 is 0 Å². The standard InChI is InChI=1S/C25H28N4O3/c1-17-9-6-7-13-21(17)27-24(30)18(2)32-25(31)22-15-23(19-10-8-14-26-16-19)29(28-22)20-11-4-3-5-12-20/h3-5,8,10-12,14-18,21H,6-7,9,13H2,1-2H3,(H,27,30)/t17-,18-,21-/m0/s1. The molecule has 0 spiro atoms. The van der Waals surface area contributed by atoms with Crippen molar-refractivity contribution in [3.63, 3.8) is 0 Å². The minimum absolute atomic E-state index is 0.131. The van der Waals surface area contributed by atoms with Crippen LogP contribution < -0.4 is 5.32 Å². The molecule has 2 heterocycles. The van der Waals surface area contributed by atoms with Gasteiger partial charge in [0, 0.05) is 24.0 Å². The lowest BCUT2D eigenvalue weighted by atomic mass is 9.86. The summed E-state index contributed by atoms with van der Waals surface area (Å²) in [4.78, 5) is 29.6. The maximum absolute atomic E-state index is 12.9. The van der Waals surface area contributed by atoms with Crippen molar-refractivity contribution in [3.05, 3.63) is 66.6 Å². The summed E-state index contributed by atoms with van der Waals surface area (Å²) >= 11 is 0. The highest BCUT2D eigenvalue weighted by atomic mass is 16.5. The van der Waals surface area contributed by atoms with Crippen LogP contribution in [0.3, 0.4) is 0 Å². The van der Waals surface area contributed by atoms with Gasteiger partial charge >= 0.3 is 5.97 Å². The summed E-state index contributed by atoms with van der Waals surface area (Å²) in [5.41, 5.74) is 2.48. The zero-order valence-electron chi connectivity index (χ0n) is 18.4. The maximum atomic E-state index is 12.9. The smallest absolute Gasteiger partial charge is 0.359 e. The monoisotopic (exact) mass is 432 g/mol. The van der Waals surface area contributed by atoms with E-state index in [0.717, 1.165) is 30.5 Å². The molecule has 1 aliphatic rings. The average molecular weight is 433 g/mol. The molecular weight excluding hydrogens is 404 g/mol. The molecular formula is C25H28N4O3. The summed E-state index contributed by atoms with van der Waals surface area (Å²) in [6.07, 6.45) is 6.87. The van der Waals surface area contributed by atoms with Gasteiger partial charge in [0.05, 0.1) is 11.4 Å². The topological polar surface area (TPSA) is 86.1 Å². The van der Waals surface area contributed by atoms with Gasteiger partial charge in [-0.1, -0.05) is 38.0 Å². The fourth-order valence-corrected chi connectivity index (χ4v) is 4.07. The number of esters is 1. The van der Waals surface area contributed by atoms with Gasteiger partial charge in [-0.05, 0) is 56.0 Å². The van der Waals surface area contributed by atoms with Crippen molar-refractivity contribution in [3.8, 4) is 16.9 Å². The second kappa shape index (κ2) is 9.77. The van der Waals surface area contributed by atoms with Gasteiger partial charge in [0.25, 0.3) is 5.91 Å². The molecule has 1 N–H and O–H groups in total. The molecule has 1 fully saturated rings. The molecule has 0 radical (unpaired) electrons. The zero-order chi connectivity index (χ0) is 22.5. The Labute approximate surface area is 187 Å². The van der Waals surface area contributed by atoms with Crippen molar-refractivity contribution in [2.75, 3.05) is 0 Å². The molecule has 2 aromatic heterocycles. The first-order valence-electron chi connectivity index (χ1n) is 11.1. The summed E-state index contributed by atoms with van der Waals surface area (Å²) in [7, 11) is 0. The van der Waals surface area contributed by atoms with E-state index >= 15 is 0 Å². The highest BCUT2D eigenvalue weighted by Crippen LogP contribution is 2.25. The summed E-state index contributed by atoms with van der Waals surface area (Å²) in [6, 6.07) is 15.1. The zero-order valence-corrected chi connectivity index (χ0v) is 18.4. The quantitative estimate of drug-likeness (QED) is 0.591. The largest absolute Gasteiger partial charge is 0.448 e. The van der Waals surface area contributed by atoms with Crippen molar-refractivity contribution >= 4 is 11.9 Å². The van der Waals surface area contributed by atoms with E-state index in [-0.39, 0.29) is 17.6 Å². The number of carbonyl (C=O) groups excluding carboxylic acids is 2. The van der Waals surface area contributed by atoms with Gasteiger partial charge in [-0.3, -0.25) is 9.78 Å². The fourth-order valence-electron chi connectivity index (χ4n) is 4.07. The van der Waals surface area contributed by atoms with E-state index in [1.54, 1.807) is 30.1 Å². The Morgan fingerprint density at radius 3 is 2.62 bits per heavy atom. The second-order valence-corrected chi connectivity index (χ2v) is 8.33. The van der Waals surface area contributed by atoms with Gasteiger partial charge in [-0.15, -0.1) is 0 Å². The molecule has 1 saturated carbocycles. The molecule has 0 bridgehead atoms. The summed E-state index contributed by atoms with van der Waals surface area (Å²) in [5, 5.41) is 7.52. The van der Waals surface area contributed by atoms with Crippen LogP contribution in [0, 0.1) is 5.92 Å². The van der Waals surface area contributed by atoms with Crippen molar-refractivity contribution < 1.29 is 14.3 Å². The molecule has 0 saturated heterocycles. The van der Waals surface area contributed by atoms with Crippen LogP contribution in [0.15, 0.2) is 60.9 Å².